The zero-order valence-electron chi connectivity index (χ0n) is 9.45. The van der Waals surface area contributed by atoms with Crippen molar-refractivity contribution in [3.05, 3.63) is 0 Å². The molecule has 0 aromatic heterocycles. The van der Waals surface area contributed by atoms with Gasteiger partial charge in [-0.15, -0.1) is 0 Å². The SMILES string of the molecule is CC#N.CCCCCS(=O)(=O)O.[H-].[Na+]. The molecule has 0 aromatic rings. The summed E-state index contributed by atoms with van der Waals surface area (Å²) in [6, 6.07) is 1.75. The van der Waals surface area contributed by atoms with Crippen molar-refractivity contribution in [1.29, 1.82) is 5.26 Å². The number of nitriles is 1. The molecule has 0 heterocycles. The maximum absolute atomic E-state index is 10.1. The van der Waals surface area contributed by atoms with E-state index in [-0.39, 0.29) is 36.7 Å². The first kappa shape index (κ1) is 19.0. The molecule has 0 fully saturated rings. The summed E-state index contributed by atoms with van der Waals surface area (Å²) in [5.41, 5.74) is 0. The van der Waals surface area contributed by atoms with E-state index in [0.717, 1.165) is 12.8 Å². The molecule has 0 aliphatic rings. The summed E-state index contributed by atoms with van der Waals surface area (Å²) in [5, 5.41) is 7.32. The Morgan fingerprint density at radius 1 is 1.46 bits per heavy atom. The quantitative estimate of drug-likeness (QED) is 0.361. The average molecular weight is 217 g/mol. The molecule has 0 atom stereocenters. The molecule has 1 N–H and O–H groups in total. The van der Waals surface area contributed by atoms with Gasteiger partial charge >= 0.3 is 29.6 Å². The number of hydrogen-bond acceptors (Lipinski definition) is 3. The molecule has 0 saturated heterocycles. The molecule has 0 spiro atoms. The van der Waals surface area contributed by atoms with Crippen molar-refractivity contribution < 1.29 is 44.0 Å². The van der Waals surface area contributed by atoms with Crippen molar-refractivity contribution in [3.63, 3.8) is 0 Å². The van der Waals surface area contributed by atoms with Gasteiger partial charge < -0.3 is 1.43 Å². The van der Waals surface area contributed by atoms with E-state index in [1.807, 2.05) is 6.92 Å². The van der Waals surface area contributed by atoms with Crippen LogP contribution in [0.4, 0.5) is 0 Å². The van der Waals surface area contributed by atoms with Gasteiger partial charge in [0.15, 0.2) is 0 Å². The van der Waals surface area contributed by atoms with Crippen LogP contribution in [-0.4, -0.2) is 18.7 Å². The van der Waals surface area contributed by atoms with Crippen molar-refractivity contribution in [3.8, 4) is 6.07 Å². The summed E-state index contributed by atoms with van der Waals surface area (Å²) < 4.78 is 28.3. The maximum Gasteiger partial charge on any atom is 1.00 e. The van der Waals surface area contributed by atoms with Crippen LogP contribution in [0.5, 0.6) is 0 Å². The van der Waals surface area contributed by atoms with Crippen molar-refractivity contribution >= 4 is 10.1 Å². The van der Waals surface area contributed by atoms with Gasteiger partial charge in [0.25, 0.3) is 10.1 Å². The molecule has 0 unspecified atom stereocenters. The van der Waals surface area contributed by atoms with Gasteiger partial charge in [0.05, 0.1) is 11.8 Å². The monoisotopic (exact) mass is 217 g/mol. The second-order valence-corrected chi connectivity index (χ2v) is 3.79. The zero-order chi connectivity index (χ0) is 10.0. The molecule has 0 radical (unpaired) electrons. The number of hydrogen-bond donors (Lipinski definition) is 1. The summed E-state index contributed by atoms with van der Waals surface area (Å²) in [6.07, 6.45) is 2.39. The Morgan fingerprint density at radius 2 is 1.85 bits per heavy atom. The van der Waals surface area contributed by atoms with Crippen molar-refractivity contribution in [2.45, 2.75) is 33.1 Å². The van der Waals surface area contributed by atoms with E-state index in [4.69, 9.17) is 9.81 Å². The van der Waals surface area contributed by atoms with Gasteiger partial charge in [-0.05, 0) is 6.42 Å². The van der Waals surface area contributed by atoms with Gasteiger partial charge in [-0.1, -0.05) is 19.8 Å². The zero-order valence-corrected chi connectivity index (χ0v) is 11.3. The van der Waals surface area contributed by atoms with E-state index in [2.05, 4.69) is 0 Å². The largest absolute Gasteiger partial charge is 1.00 e. The molecule has 0 aliphatic heterocycles. The minimum absolute atomic E-state index is 0. The van der Waals surface area contributed by atoms with Crippen LogP contribution in [0.1, 0.15) is 34.5 Å². The summed E-state index contributed by atoms with van der Waals surface area (Å²) >= 11 is 0. The first-order valence-corrected chi connectivity index (χ1v) is 5.34. The second kappa shape index (κ2) is 12.4. The Bertz CT molecular complexity index is 226. The van der Waals surface area contributed by atoms with Crippen LogP contribution in [0.25, 0.3) is 0 Å². The fraction of sp³-hybridized carbons (Fsp3) is 0.857. The van der Waals surface area contributed by atoms with Gasteiger partial charge in [-0.25, -0.2) is 0 Å². The van der Waals surface area contributed by atoms with Crippen LogP contribution in [0.15, 0.2) is 0 Å². The Morgan fingerprint density at radius 3 is 2.08 bits per heavy atom. The molecule has 0 amide bonds. The Balaban J connectivity index is -0.0000000891. The Labute approximate surface area is 104 Å². The minimum atomic E-state index is -3.70. The molecule has 6 heteroatoms. The molecular weight excluding hydrogens is 201 g/mol. The second-order valence-electron chi connectivity index (χ2n) is 2.22. The van der Waals surface area contributed by atoms with Crippen molar-refractivity contribution in [1.82, 2.24) is 0 Å². The van der Waals surface area contributed by atoms with Gasteiger partial charge in [-0.3, -0.25) is 4.55 Å². The topological polar surface area (TPSA) is 78.2 Å². The number of nitrogens with zero attached hydrogens (tertiary/aromatic N) is 1. The van der Waals surface area contributed by atoms with Crippen LogP contribution in [0.2, 0.25) is 0 Å². The van der Waals surface area contributed by atoms with Crippen LogP contribution >= 0.6 is 0 Å². The van der Waals surface area contributed by atoms with E-state index >= 15 is 0 Å². The normalized spacial score (nSPS) is 8.77. The third-order valence-electron chi connectivity index (χ3n) is 1.01. The van der Waals surface area contributed by atoms with E-state index in [1.54, 1.807) is 6.07 Å². The van der Waals surface area contributed by atoms with Gasteiger partial charge in [-0.2, -0.15) is 13.7 Å². The van der Waals surface area contributed by atoms with E-state index in [9.17, 15) is 8.42 Å². The molecule has 0 aliphatic carbocycles. The fourth-order valence-electron chi connectivity index (χ4n) is 0.534. The summed E-state index contributed by atoms with van der Waals surface area (Å²) in [6.45, 7) is 3.41. The molecule has 13 heavy (non-hydrogen) atoms. The summed E-state index contributed by atoms with van der Waals surface area (Å²) in [5.74, 6) is -0.0964. The standard InChI is InChI=1S/C5H12O3S.C2H3N.Na.H/c1-2-3-4-5-9(6,7)8;1-2-3;;/h2-5H2,1H3,(H,6,7,8);1H3;;/q;;+1;-1. The van der Waals surface area contributed by atoms with Gasteiger partial charge in [0.2, 0.25) is 0 Å². The summed E-state index contributed by atoms with van der Waals surface area (Å²) in [4.78, 5) is 0. The fourth-order valence-corrected chi connectivity index (χ4v) is 1.10. The molecule has 0 rings (SSSR count). The van der Waals surface area contributed by atoms with E-state index < -0.39 is 10.1 Å². The van der Waals surface area contributed by atoms with Crippen molar-refractivity contribution in [2.24, 2.45) is 0 Å². The smallest absolute Gasteiger partial charge is 1.00 e. The predicted molar refractivity (Wildman–Crippen MR) is 48.3 cm³/mol. The number of rotatable bonds is 4. The average Bonchev–Trinajstić information content (AvgIpc) is 1.87. The molecule has 0 bridgehead atoms. The molecule has 0 saturated carbocycles. The minimum Gasteiger partial charge on any atom is -1.00 e. The van der Waals surface area contributed by atoms with E-state index in [0.29, 0.717) is 6.42 Å². The van der Waals surface area contributed by atoms with E-state index in [1.165, 1.54) is 6.92 Å². The number of unbranched alkanes of at least 4 members (excludes halogenated alkanes) is 2. The van der Waals surface area contributed by atoms with Crippen molar-refractivity contribution in [2.75, 3.05) is 5.75 Å². The van der Waals surface area contributed by atoms with Gasteiger partial charge in [0, 0.05) is 6.92 Å². The molecular formula is C7H16NNaO3S. The Hall–Kier alpha value is 0.400. The maximum atomic E-state index is 10.1. The van der Waals surface area contributed by atoms with Crippen LogP contribution in [0, 0.1) is 11.3 Å². The molecule has 74 valence electrons. The first-order valence-electron chi connectivity index (χ1n) is 3.74. The van der Waals surface area contributed by atoms with Gasteiger partial charge in [0.1, 0.15) is 0 Å². The van der Waals surface area contributed by atoms with Crippen LogP contribution < -0.4 is 29.6 Å². The van der Waals surface area contributed by atoms with Crippen LogP contribution in [-0.2, 0) is 10.1 Å². The summed E-state index contributed by atoms with van der Waals surface area (Å²) in [7, 11) is -3.70. The predicted octanol–water partition coefficient (Wildman–Crippen LogP) is -1.29. The third-order valence-corrected chi connectivity index (χ3v) is 1.81. The van der Waals surface area contributed by atoms with Crippen LogP contribution in [0.3, 0.4) is 0 Å². The third kappa shape index (κ3) is 32.7. The first-order chi connectivity index (χ1) is 5.47. The Kier molecular flexibility index (Phi) is 18.2. The molecule has 0 aromatic carbocycles. The molecule has 4 nitrogen and oxygen atoms in total.